The lowest BCUT2D eigenvalue weighted by Gasteiger charge is -1.99. The van der Waals surface area contributed by atoms with Gasteiger partial charge < -0.3 is 9.26 Å². The summed E-state index contributed by atoms with van der Waals surface area (Å²) in [6, 6.07) is 9.78. The normalized spacial score (nSPS) is 10.7. The molecule has 0 atom stereocenters. The third-order valence-electron chi connectivity index (χ3n) is 2.93. The summed E-state index contributed by atoms with van der Waals surface area (Å²) < 4.78 is 10.2. The predicted molar refractivity (Wildman–Crippen MR) is 76.3 cm³/mol. The summed E-state index contributed by atoms with van der Waals surface area (Å²) in [5, 5.41) is 3.89. The van der Waals surface area contributed by atoms with Crippen molar-refractivity contribution in [2.24, 2.45) is 0 Å². The summed E-state index contributed by atoms with van der Waals surface area (Å²) >= 11 is 0. The van der Waals surface area contributed by atoms with Gasteiger partial charge in [-0.1, -0.05) is 35.5 Å². The highest BCUT2D eigenvalue weighted by molar-refractivity contribution is 5.57. The lowest BCUT2D eigenvalue weighted by atomic mass is 10.2. The predicted octanol–water partition coefficient (Wildman–Crippen LogP) is 2.38. The van der Waals surface area contributed by atoms with Crippen LogP contribution in [-0.2, 0) is 11.2 Å². The first-order valence-electron chi connectivity index (χ1n) is 6.56. The molecule has 21 heavy (non-hydrogen) atoms. The van der Waals surface area contributed by atoms with Crippen molar-refractivity contribution in [3.63, 3.8) is 0 Å². The fourth-order valence-corrected chi connectivity index (χ4v) is 1.84. The maximum absolute atomic E-state index is 5.20. The number of hydrogen-bond donors (Lipinski definition) is 0. The molecule has 0 aliphatic heterocycles. The van der Waals surface area contributed by atoms with Crippen LogP contribution in [0.1, 0.15) is 5.82 Å². The molecule has 0 N–H and O–H groups in total. The minimum absolute atomic E-state index is 0.417. The Labute approximate surface area is 121 Å². The second-order valence-corrected chi connectivity index (χ2v) is 4.42. The second kappa shape index (κ2) is 6.23. The highest BCUT2D eigenvalue weighted by atomic mass is 16.5. The van der Waals surface area contributed by atoms with E-state index in [4.69, 9.17) is 9.26 Å². The van der Waals surface area contributed by atoms with Gasteiger partial charge >= 0.3 is 0 Å². The molecule has 2 heterocycles. The van der Waals surface area contributed by atoms with E-state index in [2.05, 4.69) is 20.1 Å². The molecule has 0 saturated heterocycles. The van der Waals surface area contributed by atoms with Crippen molar-refractivity contribution in [2.75, 3.05) is 13.7 Å². The molecule has 0 bridgehead atoms. The minimum Gasteiger partial charge on any atom is -0.384 e. The molecule has 0 unspecified atom stereocenters. The van der Waals surface area contributed by atoms with E-state index in [0.29, 0.717) is 36.1 Å². The van der Waals surface area contributed by atoms with Gasteiger partial charge in [-0.15, -0.1) is 0 Å². The standard InChI is InChI=1S/C15H14N4O2/c1-20-8-7-13-18-15(21-19-13)12-9-16-14(17-10-12)11-5-3-2-4-6-11/h2-6,9-10H,7-8H2,1H3. The van der Waals surface area contributed by atoms with Crippen LogP contribution in [0.2, 0.25) is 0 Å². The van der Waals surface area contributed by atoms with Gasteiger partial charge in [0.1, 0.15) is 0 Å². The van der Waals surface area contributed by atoms with Crippen LogP contribution >= 0.6 is 0 Å². The monoisotopic (exact) mass is 282 g/mol. The van der Waals surface area contributed by atoms with E-state index in [1.807, 2.05) is 30.3 Å². The maximum Gasteiger partial charge on any atom is 0.261 e. The molecule has 0 aliphatic carbocycles. The van der Waals surface area contributed by atoms with E-state index >= 15 is 0 Å². The molecule has 3 aromatic rings. The van der Waals surface area contributed by atoms with Crippen molar-refractivity contribution >= 4 is 0 Å². The van der Waals surface area contributed by atoms with Crippen LogP contribution in [0.15, 0.2) is 47.2 Å². The molecule has 2 aromatic heterocycles. The Bertz CT molecular complexity index is 695. The van der Waals surface area contributed by atoms with Gasteiger partial charge in [-0.25, -0.2) is 9.97 Å². The third kappa shape index (κ3) is 3.11. The van der Waals surface area contributed by atoms with Gasteiger partial charge in [0, 0.05) is 31.5 Å². The first kappa shape index (κ1) is 13.4. The number of rotatable bonds is 5. The molecule has 0 amide bonds. The summed E-state index contributed by atoms with van der Waals surface area (Å²) in [6.45, 7) is 0.558. The minimum atomic E-state index is 0.417. The molecule has 106 valence electrons. The molecule has 3 rings (SSSR count). The van der Waals surface area contributed by atoms with E-state index in [1.165, 1.54) is 0 Å². The second-order valence-electron chi connectivity index (χ2n) is 4.42. The SMILES string of the molecule is COCCc1noc(-c2cnc(-c3ccccc3)nc2)n1. The summed E-state index contributed by atoms with van der Waals surface area (Å²) in [7, 11) is 1.64. The number of nitrogens with zero attached hydrogens (tertiary/aromatic N) is 4. The average molecular weight is 282 g/mol. The van der Waals surface area contributed by atoms with Crippen LogP contribution in [-0.4, -0.2) is 33.8 Å². The van der Waals surface area contributed by atoms with Crippen LogP contribution in [0, 0.1) is 0 Å². The summed E-state index contributed by atoms with van der Waals surface area (Å²) in [5.74, 6) is 1.69. The Morgan fingerprint density at radius 1 is 1.05 bits per heavy atom. The number of methoxy groups -OCH3 is 1. The fraction of sp³-hybridized carbons (Fsp3) is 0.200. The Morgan fingerprint density at radius 2 is 1.81 bits per heavy atom. The average Bonchev–Trinajstić information content (AvgIpc) is 3.03. The molecule has 1 aromatic carbocycles. The summed E-state index contributed by atoms with van der Waals surface area (Å²) in [5.41, 5.74) is 1.67. The zero-order valence-corrected chi connectivity index (χ0v) is 11.6. The highest BCUT2D eigenvalue weighted by Crippen LogP contribution is 2.18. The van der Waals surface area contributed by atoms with Crippen LogP contribution in [0.4, 0.5) is 0 Å². The molecular formula is C15H14N4O2. The maximum atomic E-state index is 5.20. The lowest BCUT2D eigenvalue weighted by Crippen LogP contribution is -1.96. The number of benzene rings is 1. The van der Waals surface area contributed by atoms with Crippen LogP contribution < -0.4 is 0 Å². The molecule has 0 saturated carbocycles. The van der Waals surface area contributed by atoms with E-state index in [-0.39, 0.29) is 0 Å². The van der Waals surface area contributed by atoms with Crippen molar-refractivity contribution in [1.82, 2.24) is 20.1 Å². The molecule has 0 radical (unpaired) electrons. The fourth-order valence-electron chi connectivity index (χ4n) is 1.84. The van der Waals surface area contributed by atoms with E-state index in [1.54, 1.807) is 19.5 Å². The van der Waals surface area contributed by atoms with Gasteiger partial charge in [0.15, 0.2) is 11.6 Å². The van der Waals surface area contributed by atoms with Crippen molar-refractivity contribution in [2.45, 2.75) is 6.42 Å². The molecule has 0 fully saturated rings. The van der Waals surface area contributed by atoms with E-state index < -0.39 is 0 Å². The van der Waals surface area contributed by atoms with Gasteiger partial charge in [0.05, 0.1) is 12.2 Å². The Morgan fingerprint density at radius 3 is 2.52 bits per heavy atom. The molecule has 0 spiro atoms. The Kier molecular flexibility index (Phi) is 3.97. The zero-order valence-electron chi connectivity index (χ0n) is 11.6. The molecule has 0 aliphatic rings. The first-order valence-corrected chi connectivity index (χ1v) is 6.56. The lowest BCUT2D eigenvalue weighted by molar-refractivity contribution is 0.199. The number of ether oxygens (including phenoxy) is 1. The Hall–Kier alpha value is -2.60. The van der Waals surface area contributed by atoms with Crippen molar-refractivity contribution in [3.05, 3.63) is 48.5 Å². The van der Waals surface area contributed by atoms with Gasteiger partial charge in [-0.2, -0.15) is 4.98 Å². The summed E-state index contributed by atoms with van der Waals surface area (Å²) in [6.07, 6.45) is 3.98. The smallest absolute Gasteiger partial charge is 0.261 e. The summed E-state index contributed by atoms with van der Waals surface area (Å²) in [4.78, 5) is 12.9. The van der Waals surface area contributed by atoms with Crippen molar-refractivity contribution in [1.29, 1.82) is 0 Å². The van der Waals surface area contributed by atoms with Gasteiger partial charge in [0.25, 0.3) is 5.89 Å². The van der Waals surface area contributed by atoms with Gasteiger partial charge in [-0.3, -0.25) is 0 Å². The van der Waals surface area contributed by atoms with Crippen molar-refractivity contribution in [3.8, 4) is 22.8 Å². The third-order valence-corrected chi connectivity index (χ3v) is 2.93. The highest BCUT2D eigenvalue weighted by Gasteiger charge is 2.10. The van der Waals surface area contributed by atoms with Gasteiger partial charge in [-0.05, 0) is 0 Å². The van der Waals surface area contributed by atoms with Crippen LogP contribution in [0.5, 0.6) is 0 Å². The van der Waals surface area contributed by atoms with Crippen LogP contribution in [0.3, 0.4) is 0 Å². The quantitative estimate of drug-likeness (QED) is 0.715. The van der Waals surface area contributed by atoms with E-state index in [0.717, 1.165) is 5.56 Å². The molecule has 6 nitrogen and oxygen atoms in total. The molecule has 6 heteroatoms. The van der Waals surface area contributed by atoms with Crippen molar-refractivity contribution < 1.29 is 9.26 Å². The van der Waals surface area contributed by atoms with Gasteiger partial charge in [0.2, 0.25) is 0 Å². The zero-order chi connectivity index (χ0) is 14.5. The topological polar surface area (TPSA) is 73.9 Å². The van der Waals surface area contributed by atoms with E-state index in [9.17, 15) is 0 Å². The number of aromatic nitrogens is 4. The number of hydrogen-bond acceptors (Lipinski definition) is 6. The Balaban J connectivity index is 1.79. The van der Waals surface area contributed by atoms with Crippen LogP contribution in [0.25, 0.3) is 22.8 Å². The first-order chi connectivity index (χ1) is 10.4. The molecular weight excluding hydrogens is 268 g/mol. The largest absolute Gasteiger partial charge is 0.384 e.